The molecule has 5 rings (SSSR count). The topological polar surface area (TPSA) is 55.4 Å². The van der Waals surface area contributed by atoms with Gasteiger partial charge >= 0.3 is 0 Å². The van der Waals surface area contributed by atoms with E-state index < -0.39 is 0 Å². The van der Waals surface area contributed by atoms with E-state index in [-0.39, 0.29) is 5.82 Å². The molecule has 0 fully saturated rings. The Morgan fingerprint density at radius 3 is 2.21 bits per heavy atom. The quantitative estimate of drug-likeness (QED) is 0.0902. The molecule has 42 heavy (non-hydrogen) atoms. The van der Waals surface area contributed by atoms with Crippen molar-refractivity contribution in [3.05, 3.63) is 102 Å². The Morgan fingerprint density at radius 1 is 0.786 bits per heavy atom. The lowest BCUT2D eigenvalue weighted by atomic mass is 10.2. The molecule has 5 aromatic rings. The van der Waals surface area contributed by atoms with E-state index in [0.29, 0.717) is 0 Å². The zero-order valence-electron chi connectivity index (χ0n) is 23.7. The molecule has 4 aromatic carbocycles. The van der Waals surface area contributed by atoms with Gasteiger partial charge in [-0.2, -0.15) is 11.8 Å². The number of nitrogens with zero attached hydrogens (tertiary/aromatic N) is 1. The standard InChI is InChI=1S/C33H34FN3O2S3/c1-38-27-9-3-23(4-10-27)21-40-18-17-35-15-16-36-29-13-7-25(33-37-30-14-8-26(34)20-32(30)42-33)19-31(29)41-22-24-5-11-28(39-2)12-6-24/h3-14,19-20,35-36H,15-18,21-22H2,1-2H3. The van der Waals surface area contributed by atoms with Crippen LogP contribution < -0.4 is 20.1 Å². The summed E-state index contributed by atoms with van der Waals surface area (Å²) in [6, 6.07) is 27.6. The van der Waals surface area contributed by atoms with Gasteiger partial charge in [0.2, 0.25) is 0 Å². The summed E-state index contributed by atoms with van der Waals surface area (Å²) in [4.78, 5) is 5.92. The summed E-state index contributed by atoms with van der Waals surface area (Å²) in [7, 11) is 3.37. The van der Waals surface area contributed by atoms with E-state index in [1.165, 1.54) is 28.5 Å². The van der Waals surface area contributed by atoms with E-state index in [9.17, 15) is 4.39 Å². The molecule has 0 saturated carbocycles. The summed E-state index contributed by atoms with van der Waals surface area (Å²) >= 11 is 5.23. The molecular weight excluding hydrogens is 586 g/mol. The number of ether oxygens (including phenoxy) is 2. The van der Waals surface area contributed by atoms with E-state index in [0.717, 1.165) is 79.8 Å². The molecule has 1 heterocycles. The van der Waals surface area contributed by atoms with Gasteiger partial charge in [0.25, 0.3) is 0 Å². The minimum atomic E-state index is -0.238. The Balaban J connectivity index is 1.17. The van der Waals surface area contributed by atoms with Gasteiger partial charge in [0, 0.05) is 53.0 Å². The van der Waals surface area contributed by atoms with Gasteiger partial charge in [-0.1, -0.05) is 24.3 Å². The number of hydrogen-bond acceptors (Lipinski definition) is 8. The highest BCUT2D eigenvalue weighted by Crippen LogP contribution is 2.37. The largest absolute Gasteiger partial charge is 0.497 e. The van der Waals surface area contributed by atoms with Crippen molar-refractivity contribution in [2.24, 2.45) is 0 Å². The highest BCUT2D eigenvalue weighted by atomic mass is 32.2. The maximum absolute atomic E-state index is 13.8. The number of halogens is 1. The zero-order chi connectivity index (χ0) is 29.1. The highest BCUT2D eigenvalue weighted by Gasteiger charge is 2.11. The van der Waals surface area contributed by atoms with Crippen LogP contribution in [0.25, 0.3) is 20.8 Å². The minimum Gasteiger partial charge on any atom is -0.497 e. The third kappa shape index (κ3) is 8.41. The third-order valence-electron chi connectivity index (χ3n) is 6.60. The molecule has 0 unspecified atom stereocenters. The number of thiazole rings is 1. The normalized spacial score (nSPS) is 11.1. The molecule has 0 radical (unpaired) electrons. The van der Waals surface area contributed by atoms with E-state index in [1.807, 2.05) is 36.0 Å². The van der Waals surface area contributed by atoms with Crippen LogP contribution in [0.15, 0.2) is 89.8 Å². The fourth-order valence-corrected chi connectivity index (χ4v) is 7.16. The van der Waals surface area contributed by atoms with E-state index in [2.05, 4.69) is 53.1 Å². The Morgan fingerprint density at radius 2 is 1.50 bits per heavy atom. The van der Waals surface area contributed by atoms with Crippen molar-refractivity contribution in [1.82, 2.24) is 10.3 Å². The van der Waals surface area contributed by atoms with Crippen LogP contribution >= 0.6 is 34.9 Å². The molecule has 0 spiro atoms. The van der Waals surface area contributed by atoms with Crippen LogP contribution in [0.4, 0.5) is 10.1 Å². The molecule has 0 atom stereocenters. The van der Waals surface area contributed by atoms with Crippen LogP contribution in [0, 0.1) is 5.82 Å². The van der Waals surface area contributed by atoms with E-state index >= 15 is 0 Å². The predicted molar refractivity (Wildman–Crippen MR) is 178 cm³/mol. The number of benzene rings is 4. The van der Waals surface area contributed by atoms with Gasteiger partial charge in [-0.05, 0) is 71.8 Å². The van der Waals surface area contributed by atoms with Crippen molar-refractivity contribution in [2.45, 2.75) is 16.4 Å². The zero-order valence-corrected chi connectivity index (χ0v) is 26.1. The van der Waals surface area contributed by atoms with E-state index in [4.69, 9.17) is 14.5 Å². The van der Waals surface area contributed by atoms with Gasteiger partial charge < -0.3 is 20.1 Å². The Hall–Kier alpha value is -3.24. The number of aromatic nitrogens is 1. The molecule has 1 aromatic heterocycles. The number of thioether (sulfide) groups is 2. The van der Waals surface area contributed by atoms with Gasteiger partial charge in [-0.15, -0.1) is 23.1 Å². The van der Waals surface area contributed by atoms with Crippen molar-refractivity contribution in [1.29, 1.82) is 0 Å². The summed E-state index contributed by atoms with van der Waals surface area (Å²) in [5, 5.41) is 8.05. The predicted octanol–water partition coefficient (Wildman–Crippen LogP) is 8.35. The van der Waals surface area contributed by atoms with Gasteiger partial charge in [0.15, 0.2) is 0 Å². The lowest BCUT2D eigenvalue weighted by Crippen LogP contribution is -2.24. The monoisotopic (exact) mass is 619 g/mol. The molecule has 5 nitrogen and oxygen atoms in total. The number of methoxy groups -OCH3 is 2. The number of anilines is 1. The van der Waals surface area contributed by atoms with E-state index in [1.54, 1.807) is 38.1 Å². The molecule has 9 heteroatoms. The summed E-state index contributed by atoms with van der Waals surface area (Å²) < 4.78 is 25.1. The van der Waals surface area contributed by atoms with Crippen molar-refractivity contribution in [3.8, 4) is 22.1 Å². The van der Waals surface area contributed by atoms with Crippen LogP contribution in [0.5, 0.6) is 11.5 Å². The summed E-state index contributed by atoms with van der Waals surface area (Å²) in [5.74, 6) is 4.38. The smallest absolute Gasteiger partial charge is 0.124 e. The Labute approximate surface area is 259 Å². The minimum absolute atomic E-state index is 0.238. The molecule has 218 valence electrons. The molecule has 0 aliphatic rings. The van der Waals surface area contributed by atoms with Crippen LogP contribution in [-0.2, 0) is 11.5 Å². The van der Waals surface area contributed by atoms with Crippen molar-refractivity contribution in [3.63, 3.8) is 0 Å². The van der Waals surface area contributed by atoms with Gasteiger partial charge in [0.05, 0.1) is 24.4 Å². The Kier molecular flexibility index (Phi) is 11.0. The fourth-order valence-electron chi connectivity index (χ4n) is 4.29. The SMILES string of the molecule is COc1ccc(CSCCNCCNc2ccc(-c3nc4ccc(F)cc4s3)cc2SCc2ccc(OC)cc2)cc1. The first-order valence-electron chi connectivity index (χ1n) is 13.7. The first-order chi connectivity index (χ1) is 20.6. The molecule has 0 amide bonds. The summed E-state index contributed by atoms with van der Waals surface area (Å²) in [6.45, 7) is 2.65. The number of nitrogens with one attached hydrogen (secondary N) is 2. The highest BCUT2D eigenvalue weighted by molar-refractivity contribution is 7.98. The maximum atomic E-state index is 13.8. The second-order valence-electron chi connectivity index (χ2n) is 9.56. The second-order valence-corrected chi connectivity index (χ2v) is 12.7. The van der Waals surface area contributed by atoms with Crippen molar-refractivity contribution >= 4 is 50.8 Å². The fraction of sp³-hybridized carbons (Fsp3) is 0.242. The first kappa shape index (κ1) is 30.2. The number of rotatable bonds is 15. The third-order valence-corrected chi connectivity index (χ3v) is 9.82. The average molecular weight is 620 g/mol. The first-order valence-corrected chi connectivity index (χ1v) is 16.7. The van der Waals surface area contributed by atoms with Gasteiger partial charge in [-0.25, -0.2) is 9.37 Å². The van der Waals surface area contributed by atoms with Crippen LogP contribution in [0.1, 0.15) is 11.1 Å². The summed E-state index contributed by atoms with van der Waals surface area (Å²) in [5.41, 5.74) is 5.48. The number of hydrogen-bond donors (Lipinski definition) is 2. The molecule has 0 aliphatic heterocycles. The lowest BCUT2D eigenvalue weighted by Gasteiger charge is -2.14. The molecule has 0 bridgehead atoms. The van der Waals surface area contributed by atoms with Gasteiger partial charge in [-0.3, -0.25) is 0 Å². The molecule has 2 N–H and O–H groups in total. The average Bonchev–Trinajstić information content (AvgIpc) is 3.45. The summed E-state index contributed by atoms with van der Waals surface area (Å²) in [6.07, 6.45) is 0. The van der Waals surface area contributed by atoms with Crippen molar-refractivity contribution < 1.29 is 13.9 Å². The Bertz CT molecular complexity index is 1580. The lowest BCUT2D eigenvalue weighted by molar-refractivity contribution is 0.414. The van der Waals surface area contributed by atoms with Crippen LogP contribution in [0.2, 0.25) is 0 Å². The second kappa shape index (κ2) is 15.3. The molecule has 0 saturated heterocycles. The van der Waals surface area contributed by atoms with Crippen LogP contribution in [0.3, 0.4) is 0 Å². The van der Waals surface area contributed by atoms with Crippen LogP contribution in [-0.4, -0.2) is 44.6 Å². The molecule has 0 aliphatic carbocycles. The van der Waals surface area contributed by atoms with Gasteiger partial charge in [0.1, 0.15) is 22.3 Å². The molecular formula is C33H34FN3O2S3. The van der Waals surface area contributed by atoms with Crippen molar-refractivity contribution in [2.75, 3.05) is 44.9 Å². The maximum Gasteiger partial charge on any atom is 0.124 e. The number of fused-ring (bicyclic) bond motifs is 1.